The van der Waals surface area contributed by atoms with E-state index in [0.717, 1.165) is 18.4 Å². The van der Waals surface area contributed by atoms with Gasteiger partial charge in [-0.2, -0.15) is 0 Å². The number of phenols is 1. The second-order valence-electron chi connectivity index (χ2n) is 4.53. The number of rotatable bonds is 7. The third-order valence-electron chi connectivity index (χ3n) is 3.13. The summed E-state index contributed by atoms with van der Waals surface area (Å²) in [6.45, 7) is 2.04. The molecule has 0 heterocycles. The molecule has 0 spiro atoms. The highest BCUT2D eigenvalue weighted by Crippen LogP contribution is 2.30. The van der Waals surface area contributed by atoms with Crippen LogP contribution in [0.2, 0.25) is 0 Å². The molecule has 0 bridgehead atoms. The van der Waals surface area contributed by atoms with Gasteiger partial charge in [0.25, 0.3) is 0 Å². The highest BCUT2D eigenvalue weighted by molar-refractivity contribution is 5.45. The Balaban J connectivity index is 2.58. The molecule has 1 aromatic rings. The molecule has 4 heteroatoms. The fourth-order valence-electron chi connectivity index (χ4n) is 1.98. The standard InChI is InChI=1S/C14H23NO3/c1-3-5-11(15)12(16)9-8-10-6-4-7-13(18-2)14(10)17/h4,6-7,11-12,16-17H,3,5,8-9,15H2,1-2H3. The van der Waals surface area contributed by atoms with Crippen molar-refractivity contribution in [1.29, 1.82) is 0 Å². The zero-order valence-corrected chi connectivity index (χ0v) is 11.1. The lowest BCUT2D eigenvalue weighted by molar-refractivity contribution is 0.130. The third-order valence-corrected chi connectivity index (χ3v) is 3.13. The minimum atomic E-state index is -0.532. The Morgan fingerprint density at radius 2 is 2.06 bits per heavy atom. The number of hydrogen-bond acceptors (Lipinski definition) is 4. The number of aliphatic hydroxyl groups is 1. The molecule has 0 aromatic heterocycles. The zero-order valence-electron chi connectivity index (χ0n) is 11.1. The molecule has 102 valence electrons. The molecule has 0 aliphatic heterocycles. The first-order valence-corrected chi connectivity index (χ1v) is 6.38. The first-order chi connectivity index (χ1) is 8.60. The first-order valence-electron chi connectivity index (χ1n) is 6.38. The summed E-state index contributed by atoms with van der Waals surface area (Å²) in [6, 6.07) is 5.17. The minimum Gasteiger partial charge on any atom is -0.504 e. The zero-order chi connectivity index (χ0) is 13.5. The molecule has 0 aliphatic carbocycles. The summed E-state index contributed by atoms with van der Waals surface area (Å²) in [4.78, 5) is 0. The summed E-state index contributed by atoms with van der Waals surface area (Å²) < 4.78 is 5.04. The van der Waals surface area contributed by atoms with E-state index in [0.29, 0.717) is 18.6 Å². The topological polar surface area (TPSA) is 75.7 Å². The highest BCUT2D eigenvalue weighted by Gasteiger charge is 2.15. The molecular formula is C14H23NO3. The summed E-state index contributed by atoms with van der Waals surface area (Å²) in [5.41, 5.74) is 6.62. The number of nitrogens with two attached hydrogens (primary N) is 1. The Kier molecular flexibility index (Phi) is 5.95. The van der Waals surface area contributed by atoms with Crippen LogP contribution in [0.15, 0.2) is 18.2 Å². The van der Waals surface area contributed by atoms with Gasteiger partial charge in [-0.25, -0.2) is 0 Å². The van der Waals surface area contributed by atoms with E-state index in [-0.39, 0.29) is 11.8 Å². The van der Waals surface area contributed by atoms with E-state index < -0.39 is 6.10 Å². The fraction of sp³-hybridized carbons (Fsp3) is 0.571. The molecule has 4 nitrogen and oxygen atoms in total. The molecule has 2 unspecified atom stereocenters. The number of ether oxygens (including phenoxy) is 1. The van der Waals surface area contributed by atoms with Crippen molar-refractivity contribution in [3.05, 3.63) is 23.8 Å². The fourth-order valence-corrected chi connectivity index (χ4v) is 1.98. The second kappa shape index (κ2) is 7.24. The Labute approximate surface area is 108 Å². The van der Waals surface area contributed by atoms with Gasteiger partial charge in [0.2, 0.25) is 0 Å². The largest absolute Gasteiger partial charge is 0.504 e. The number of aryl methyl sites for hydroxylation is 1. The lowest BCUT2D eigenvalue weighted by Crippen LogP contribution is -2.34. The predicted octanol–water partition coefficient (Wildman–Crippen LogP) is 1.82. The van der Waals surface area contributed by atoms with Crippen molar-refractivity contribution >= 4 is 0 Å². The van der Waals surface area contributed by atoms with E-state index in [2.05, 4.69) is 0 Å². The van der Waals surface area contributed by atoms with E-state index in [9.17, 15) is 10.2 Å². The van der Waals surface area contributed by atoms with Crippen molar-refractivity contribution < 1.29 is 14.9 Å². The van der Waals surface area contributed by atoms with Gasteiger partial charge in [0, 0.05) is 6.04 Å². The molecule has 2 atom stereocenters. The van der Waals surface area contributed by atoms with Gasteiger partial charge in [-0.3, -0.25) is 0 Å². The van der Waals surface area contributed by atoms with E-state index in [1.165, 1.54) is 7.11 Å². The highest BCUT2D eigenvalue weighted by atomic mass is 16.5. The van der Waals surface area contributed by atoms with Crippen molar-refractivity contribution in [2.75, 3.05) is 7.11 Å². The number of methoxy groups -OCH3 is 1. The molecular weight excluding hydrogens is 230 g/mol. The van der Waals surface area contributed by atoms with E-state index in [1.807, 2.05) is 19.1 Å². The third kappa shape index (κ3) is 3.89. The summed E-state index contributed by atoms with van der Waals surface area (Å²) in [5.74, 6) is 0.608. The molecule has 0 saturated heterocycles. The molecule has 4 N–H and O–H groups in total. The van der Waals surface area contributed by atoms with Gasteiger partial charge in [-0.1, -0.05) is 25.5 Å². The van der Waals surface area contributed by atoms with Gasteiger partial charge in [-0.05, 0) is 30.9 Å². The van der Waals surface area contributed by atoms with Crippen LogP contribution in [0.5, 0.6) is 11.5 Å². The molecule has 0 amide bonds. The van der Waals surface area contributed by atoms with E-state index >= 15 is 0 Å². The Morgan fingerprint density at radius 1 is 1.33 bits per heavy atom. The predicted molar refractivity (Wildman–Crippen MR) is 71.9 cm³/mol. The SMILES string of the molecule is CCCC(N)C(O)CCc1cccc(OC)c1O. The normalized spacial score (nSPS) is 14.2. The van der Waals surface area contributed by atoms with Crippen molar-refractivity contribution in [3.8, 4) is 11.5 Å². The molecule has 0 radical (unpaired) electrons. The smallest absolute Gasteiger partial charge is 0.160 e. The second-order valence-corrected chi connectivity index (χ2v) is 4.53. The molecule has 0 saturated carbocycles. The van der Waals surface area contributed by atoms with Gasteiger partial charge in [0.15, 0.2) is 11.5 Å². The number of hydrogen-bond donors (Lipinski definition) is 3. The Hall–Kier alpha value is -1.26. The quantitative estimate of drug-likeness (QED) is 0.693. The minimum absolute atomic E-state index is 0.149. The van der Waals surface area contributed by atoms with Crippen LogP contribution in [0, 0.1) is 0 Å². The van der Waals surface area contributed by atoms with Crippen LogP contribution in [0.4, 0.5) is 0 Å². The van der Waals surface area contributed by atoms with Gasteiger partial charge < -0.3 is 20.7 Å². The number of phenolic OH excluding ortho intramolecular Hbond substituents is 1. The van der Waals surface area contributed by atoms with Crippen molar-refractivity contribution in [2.45, 2.75) is 44.8 Å². The van der Waals surface area contributed by atoms with E-state index in [4.69, 9.17) is 10.5 Å². The summed E-state index contributed by atoms with van der Waals surface area (Å²) in [5, 5.41) is 19.8. The maximum atomic E-state index is 9.91. The number of para-hydroxylation sites is 1. The molecule has 18 heavy (non-hydrogen) atoms. The van der Waals surface area contributed by atoms with Crippen molar-refractivity contribution in [1.82, 2.24) is 0 Å². The van der Waals surface area contributed by atoms with Crippen LogP contribution in [0.1, 0.15) is 31.7 Å². The van der Waals surface area contributed by atoms with Crippen LogP contribution in [0.25, 0.3) is 0 Å². The van der Waals surface area contributed by atoms with Crippen LogP contribution in [-0.4, -0.2) is 29.5 Å². The Morgan fingerprint density at radius 3 is 2.67 bits per heavy atom. The summed E-state index contributed by atoms with van der Waals surface area (Å²) in [7, 11) is 1.52. The summed E-state index contributed by atoms with van der Waals surface area (Å²) in [6.07, 6.45) is 2.37. The first kappa shape index (κ1) is 14.8. The average Bonchev–Trinajstić information content (AvgIpc) is 2.37. The summed E-state index contributed by atoms with van der Waals surface area (Å²) >= 11 is 0. The van der Waals surface area contributed by atoms with Gasteiger partial charge >= 0.3 is 0 Å². The lowest BCUT2D eigenvalue weighted by Gasteiger charge is -2.18. The lowest BCUT2D eigenvalue weighted by atomic mass is 9.99. The Bertz CT molecular complexity index is 368. The average molecular weight is 253 g/mol. The van der Waals surface area contributed by atoms with Crippen LogP contribution in [0.3, 0.4) is 0 Å². The maximum absolute atomic E-state index is 9.91. The van der Waals surface area contributed by atoms with Crippen molar-refractivity contribution in [2.24, 2.45) is 5.73 Å². The molecule has 1 rings (SSSR count). The van der Waals surface area contributed by atoms with Crippen LogP contribution in [-0.2, 0) is 6.42 Å². The van der Waals surface area contributed by atoms with Crippen LogP contribution >= 0.6 is 0 Å². The maximum Gasteiger partial charge on any atom is 0.160 e. The molecule has 0 aliphatic rings. The molecule has 0 fully saturated rings. The van der Waals surface area contributed by atoms with Crippen LogP contribution < -0.4 is 10.5 Å². The van der Waals surface area contributed by atoms with E-state index in [1.54, 1.807) is 6.07 Å². The van der Waals surface area contributed by atoms with Crippen molar-refractivity contribution in [3.63, 3.8) is 0 Å². The van der Waals surface area contributed by atoms with Gasteiger partial charge in [0.05, 0.1) is 13.2 Å². The number of aliphatic hydroxyl groups excluding tert-OH is 1. The van der Waals surface area contributed by atoms with Gasteiger partial charge in [-0.15, -0.1) is 0 Å². The number of benzene rings is 1. The molecule has 1 aromatic carbocycles. The van der Waals surface area contributed by atoms with Gasteiger partial charge in [0.1, 0.15) is 0 Å². The number of aromatic hydroxyl groups is 1. The monoisotopic (exact) mass is 253 g/mol.